The lowest BCUT2D eigenvalue weighted by Gasteiger charge is -2.38. The minimum Gasteiger partial charge on any atom is -0.368 e. The van der Waals surface area contributed by atoms with E-state index in [1.54, 1.807) is 6.08 Å². The van der Waals surface area contributed by atoms with Crippen molar-refractivity contribution in [3.05, 3.63) is 71.7 Å². The molecule has 2 aromatic heterocycles. The first kappa shape index (κ1) is 25.2. The van der Waals surface area contributed by atoms with Crippen LogP contribution in [0.5, 0.6) is 0 Å². The zero-order valence-corrected chi connectivity index (χ0v) is 21.5. The number of H-pyrrole nitrogens is 1. The van der Waals surface area contributed by atoms with Crippen LogP contribution in [0.15, 0.2) is 55.0 Å². The molecule has 3 heterocycles. The van der Waals surface area contributed by atoms with Gasteiger partial charge in [0.25, 0.3) is 0 Å². The van der Waals surface area contributed by atoms with Crippen LogP contribution in [0.25, 0.3) is 17.0 Å². The van der Waals surface area contributed by atoms with Crippen molar-refractivity contribution in [2.24, 2.45) is 11.7 Å². The van der Waals surface area contributed by atoms with Gasteiger partial charge in [-0.2, -0.15) is 0 Å². The highest BCUT2D eigenvalue weighted by molar-refractivity contribution is 5.92. The molecule has 5 rings (SSSR count). The number of hydrogen-bond acceptors (Lipinski definition) is 4. The molecule has 2 amide bonds. The Morgan fingerprint density at radius 1 is 1.08 bits per heavy atom. The van der Waals surface area contributed by atoms with E-state index >= 15 is 0 Å². The van der Waals surface area contributed by atoms with Gasteiger partial charge in [0.2, 0.25) is 11.8 Å². The molecular formula is C30H37N5O2. The number of nitrogens with zero attached hydrogens (tertiary/aromatic N) is 2. The van der Waals surface area contributed by atoms with Crippen LogP contribution in [-0.2, 0) is 9.59 Å². The van der Waals surface area contributed by atoms with Crippen LogP contribution in [0.4, 0.5) is 0 Å². The number of nitrogens with one attached hydrogen (secondary N) is 2. The van der Waals surface area contributed by atoms with Gasteiger partial charge in [0.1, 0.15) is 0 Å². The number of pyridine rings is 1. The summed E-state index contributed by atoms with van der Waals surface area (Å²) in [7, 11) is 0. The van der Waals surface area contributed by atoms with Crippen molar-refractivity contribution >= 4 is 28.8 Å². The molecule has 0 bridgehead atoms. The second-order valence-corrected chi connectivity index (χ2v) is 10.7. The maximum Gasteiger partial charge on any atom is 0.246 e. The van der Waals surface area contributed by atoms with Crippen LogP contribution in [-0.4, -0.2) is 51.9 Å². The molecular weight excluding hydrogens is 462 g/mol. The van der Waals surface area contributed by atoms with Crippen molar-refractivity contribution in [2.75, 3.05) is 13.1 Å². The molecule has 1 aromatic carbocycles. The zero-order valence-electron chi connectivity index (χ0n) is 21.5. The fourth-order valence-electron chi connectivity index (χ4n) is 6.00. The van der Waals surface area contributed by atoms with Crippen LogP contribution in [0.2, 0.25) is 0 Å². The number of aromatic nitrogens is 2. The number of hydrogen-bond donors (Lipinski definition) is 3. The molecule has 2 aliphatic rings. The Bertz CT molecular complexity index is 1250. The summed E-state index contributed by atoms with van der Waals surface area (Å²) in [5.41, 5.74) is 10.6. The van der Waals surface area contributed by atoms with Crippen LogP contribution in [0, 0.1) is 12.8 Å². The molecule has 0 spiro atoms. The average Bonchev–Trinajstić information content (AvgIpc) is 3.36. The molecule has 2 fully saturated rings. The number of primary amides is 1. The summed E-state index contributed by atoms with van der Waals surface area (Å²) < 4.78 is 0. The Labute approximate surface area is 218 Å². The van der Waals surface area contributed by atoms with Crippen LogP contribution in [0.3, 0.4) is 0 Å². The Morgan fingerprint density at radius 3 is 2.51 bits per heavy atom. The molecule has 3 aromatic rings. The summed E-state index contributed by atoms with van der Waals surface area (Å²) in [6.45, 7) is 3.34. The number of aromatic amines is 1. The van der Waals surface area contributed by atoms with Gasteiger partial charge in [0, 0.05) is 54.7 Å². The summed E-state index contributed by atoms with van der Waals surface area (Å²) in [6, 6.07) is 10.1. The van der Waals surface area contributed by atoms with Crippen LogP contribution in [0.1, 0.15) is 61.1 Å². The maximum atomic E-state index is 12.7. The van der Waals surface area contributed by atoms with Gasteiger partial charge >= 0.3 is 0 Å². The molecule has 1 saturated heterocycles. The van der Waals surface area contributed by atoms with E-state index in [0.29, 0.717) is 19.0 Å². The predicted octanol–water partition coefficient (Wildman–Crippen LogP) is 4.29. The maximum absolute atomic E-state index is 12.7. The highest BCUT2D eigenvalue weighted by Crippen LogP contribution is 2.36. The lowest BCUT2D eigenvalue weighted by atomic mass is 9.80. The van der Waals surface area contributed by atoms with Gasteiger partial charge in [0.15, 0.2) is 0 Å². The fourth-order valence-corrected chi connectivity index (χ4v) is 6.00. The third-order valence-electron chi connectivity index (χ3n) is 8.22. The highest BCUT2D eigenvalue weighted by Gasteiger charge is 2.34. The largest absolute Gasteiger partial charge is 0.368 e. The van der Waals surface area contributed by atoms with Crippen LogP contribution >= 0.6 is 0 Å². The first-order chi connectivity index (χ1) is 18.0. The number of likely N-dealkylation sites (tertiary alicyclic amines) is 1. The zero-order chi connectivity index (χ0) is 25.8. The number of nitrogens with two attached hydrogens (primary N) is 1. The van der Waals surface area contributed by atoms with Crippen molar-refractivity contribution in [1.82, 2.24) is 20.2 Å². The number of fused-ring (bicyclic) bond motifs is 1. The number of piperidine rings is 1. The quantitative estimate of drug-likeness (QED) is 0.422. The molecule has 1 atom stereocenters. The van der Waals surface area contributed by atoms with Crippen molar-refractivity contribution in [1.29, 1.82) is 0 Å². The van der Waals surface area contributed by atoms with Crippen molar-refractivity contribution < 1.29 is 9.59 Å². The minimum absolute atomic E-state index is 0.0217. The van der Waals surface area contributed by atoms with Gasteiger partial charge in [-0.1, -0.05) is 29.8 Å². The summed E-state index contributed by atoms with van der Waals surface area (Å²) >= 11 is 0. The summed E-state index contributed by atoms with van der Waals surface area (Å²) in [4.78, 5) is 34.7. The first-order valence-electron chi connectivity index (χ1n) is 13.5. The van der Waals surface area contributed by atoms with Crippen molar-refractivity contribution in [3.8, 4) is 0 Å². The number of aryl methyl sites for hydroxylation is 1. The van der Waals surface area contributed by atoms with Crippen molar-refractivity contribution in [3.63, 3.8) is 0 Å². The molecule has 4 N–H and O–H groups in total. The van der Waals surface area contributed by atoms with Gasteiger partial charge in [-0.15, -0.1) is 0 Å². The van der Waals surface area contributed by atoms with E-state index in [1.807, 2.05) is 60.6 Å². The van der Waals surface area contributed by atoms with E-state index in [-0.39, 0.29) is 29.8 Å². The molecule has 1 aliphatic heterocycles. The van der Waals surface area contributed by atoms with Gasteiger partial charge in [-0.05, 0) is 80.6 Å². The van der Waals surface area contributed by atoms with E-state index < -0.39 is 0 Å². The Balaban J connectivity index is 1.12. The normalized spacial score (nSPS) is 21.9. The number of carbonyl (C=O) groups is 2. The van der Waals surface area contributed by atoms with Gasteiger partial charge in [0.05, 0.1) is 6.04 Å². The lowest BCUT2D eigenvalue weighted by molar-refractivity contribution is -0.128. The SMILES string of the molecule is Cc1ccc(/C=C/C(=O)N2CCC(C(NC3CCC(c4c[nH]c5ccncc45)CC3)C(N)=O)CC2)cc1. The van der Waals surface area contributed by atoms with Crippen LogP contribution < -0.4 is 11.1 Å². The number of benzene rings is 1. The van der Waals surface area contributed by atoms with Crippen molar-refractivity contribution in [2.45, 2.75) is 63.5 Å². The standard InChI is InChI=1S/C30H37N5O2/c1-20-2-4-21(5-3-20)6-11-28(36)35-16-13-23(14-17-35)29(30(31)37)34-24-9-7-22(8-10-24)25-19-33-27-12-15-32-18-26(25)27/h2-6,11-12,15,18-19,22-24,29,33-34H,7-10,13-14,16-17H2,1H3,(H2,31,37)/b11-6+. The Hall–Kier alpha value is -3.45. The second-order valence-electron chi connectivity index (χ2n) is 10.7. The summed E-state index contributed by atoms with van der Waals surface area (Å²) in [6.07, 6.45) is 15.1. The third kappa shape index (κ3) is 5.93. The first-order valence-corrected chi connectivity index (χ1v) is 13.5. The summed E-state index contributed by atoms with van der Waals surface area (Å²) in [5, 5.41) is 4.82. The molecule has 7 heteroatoms. The molecule has 1 aliphatic carbocycles. The molecule has 7 nitrogen and oxygen atoms in total. The average molecular weight is 500 g/mol. The van der Waals surface area contributed by atoms with E-state index in [4.69, 9.17) is 5.73 Å². The molecule has 1 saturated carbocycles. The highest BCUT2D eigenvalue weighted by atomic mass is 16.2. The second kappa shape index (κ2) is 11.3. The fraction of sp³-hybridized carbons (Fsp3) is 0.433. The number of rotatable bonds is 7. The molecule has 194 valence electrons. The minimum atomic E-state index is -0.348. The third-order valence-corrected chi connectivity index (χ3v) is 8.22. The topological polar surface area (TPSA) is 104 Å². The Kier molecular flexibility index (Phi) is 7.70. The Morgan fingerprint density at radius 2 is 1.81 bits per heavy atom. The number of amides is 2. The molecule has 0 radical (unpaired) electrons. The number of carbonyl (C=O) groups excluding carboxylic acids is 2. The van der Waals surface area contributed by atoms with E-state index in [9.17, 15) is 9.59 Å². The monoisotopic (exact) mass is 499 g/mol. The van der Waals surface area contributed by atoms with E-state index in [1.165, 1.54) is 16.5 Å². The predicted molar refractivity (Wildman–Crippen MR) is 147 cm³/mol. The van der Waals surface area contributed by atoms with Gasteiger partial charge in [-0.3, -0.25) is 14.6 Å². The summed E-state index contributed by atoms with van der Waals surface area (Å²) in [5.74, 6) is 0.396. The smallest absolute Gasteiger partial charge is 0.246 e. The van der Waals surface area contributed by atoms with E-state index in [2.05, 4.69) is 21.5 Å². The molecule has 37 heavy (non-hydrogen) atoms. The molecule has 1 unspecified atom stereocenters. The van der Waals surface area contributed by atoms with Gasteiger partial charge < -0.3 is 20.9 Å². The van der Waals surface area contributed by atoms with E-state index in [0.717, 1.165) is 49.6 Å². The lowest BCUT2D eigenvalue weighted by Crippen LogP contribution is -2.54. The van der Waals surface area contributed by atoms with Gasteiger partial charge in [-0.25, -0.2) is 0 Å².